The van der Waals surface area contributed by atoms with Crippen LogP contribution in [0.4, 0.5) is 0 Å². The fourth-order valence-corrected chi connectivity index (χ4v) is 2.46. The largest absolute Gasteiger partial charge is 0.490 e. The van der Waals surface area contributed by atoms with Gasteiger partial charge in [-0.15, -0.1) is 6.58 Å². The molecule has 0 radical (unpaired) electrons. The highest BCUT2D eigenvalue weighted by Gasteiger charge is 2.21. The molecule has 0 spiro atoms. The Morgan fingerprint density at radius 1 is 1.20 bits per heavy atom. The molecule has 25 heavy (non-hydrogen) atoms. The molecule has 0 aliphatic heterocycles. The summed E-state index contributed by atoms with van der Waals surface area (Å²) in [5.74, 6) is 0.813. The van der Waals surface area contributed by atoms with E-state index >= 15 is 0 Å². The Hall–Kier alpha value is -1.84. The van der Waals surface area contributed by atoms with Gasteiger partial charge < -0.3 is 9.84 Å². The molecule has 0 unspecified atom stereocenters. The lowest BCUT2D eigenvalue weighted by Gasteiger charge is -2.23. The number of hydrogen-bond acceptors (Lipinski definition) is 3. The minimum atomic E-state index is -0.819. The summed E-state index contributed by atoms with van der Waals surface area (Å²) in [7, 11) is 2.05. The van der Waals surface area contributed by atoms with Crippen LogP contribution in [-0.2, 0) is 5.60 Å². The van der Waals surface area contributed by atoms with Gasteiger partial charge in [-0.3, -0.25) is 4.90 Å². The van der Waals surface area contributed by atoms with Gasteiger partial charge >= 0.3 is 0 Å². The van der Waals surface area contributed by atoms with Crippen molar-refractivity contribution in [2.75, 3.05) is 26.7 Å². The van der Waals surface area contributed by atoms with Crippen LogP contribution in [0.25, 0.3) is 0 Å². The molecule has 0 fully saturated rings. The molecule has 1 aromatic rings. The fourth-order valence-electron chi connectivity index (χ4n) is 2.46. The van der Waals surface area contributed by atoms with E-state index in [0.717, 1.165) is 30.8 Å². The predicted molar refractivity (Wildman–Crippen MR) is 107 cm³/mol. The van der Waals surface area contributed by atoms with Crippen LogP contribution >= 0.6 is 0 Å². The van der Waals surface area contributed by atoms with Gasteiger partial charge in [-0.2, -0.15) is 0 Å². The zero-order valence-corrected chi connectivity index (χ0v) is 16.2. The maximum Gasteiger partial charge on any atom is 0.119 e. The molecule has 1 rings (SSSR count). The van der Waals surface area contributed by atoms with Gasteiger partial charge in [0.2, 0.25) is 0 Å². The number of rotatable bonds is 11. The van der Waals surface area contributed by atoms with Gasteiger partial charge in [-0.25, -0.2) is 0 Å². The third kappa shape index (κ3) is 8.71. The van der Waals surface area contributed by atoms with Crippen molar-refractivity contribution in [1.82, 2.24) is 4.90 Å². The summed E-state index contributed by atoms with van der Waals surface area (Å²) in [6.07, 6.45) is 9.73. The van der Waals surface area contributed by atoms with Crippen LogP contribution in [0.5, 0.6) is 5.75 Å². The van der Waals surface area contributed by atoms with Crippen LogP contribution in [-0.4, -0.2) is 36.8 Å². The molecule has 0 heterocycles. The average Bonchev–Trinajstić information content (AvgIpc) is 2.54. The highest BCUT2D eigenvalue weighted by atomic mass is 16.5. The predicted octanol–water partition coefficient (Wildman–Crippen LogP) is 4.69. The normalized spacial score (nSPS) is 13.7. The molecule has 1 atom stereocenters. The Balaban J connectivity index is 2.46. The Morgan fingerprint density at radius 2 is 1.88 bits per heavy atom. The minimum absolute atomic E-state index is 0.540. The summed E-state index contributed by atoms with van der Waals surface area (Å²) in [6, 6.07) is 7.73. The molecule has 1 N–H and O–H groups in total. The van der Waals surface area contributed by atoms with Crippen molar-refractivity contribution in [1.29, 1.82) is 0 Å². The lowest BCUT2D eigenvalue weighted by Crippen LogP contribution is -2.20. The molecule has 0 aliphatic carbocycles. The molecule has 0 saturated carbocycles. The monoisotopic (exact) mass is 343 g/mol. The lowest BCUT2D eigenvalue weighted by atomic mass is 9.91. The summed E-state index contributed by atoms with van der Waals surface area (Å²) in [5, 5.41) is 10.6. The Kier molecular flexibility index (Phi) is 9.25. The summed E-state index contributed by atoms with van der Waals surface area (Å²) < 4.78 is 5.71. The van der Waals surface area contributed by atoms with E-state index in [1.165, 1.54) is 5.57 Å². The Morgan fingerprint density at radius 3 is 2.48 bits per heavy atom. The van der Waals surface area contributed by atoms with E-state index in [2.05, 4.69) is 44.5 Å². The second-order valence-electron chi connectivity index (χ2n) is 6.91. The molecule has 0 aromatic heterocycles. The van der Waals surface area contributed by atoms with Gasteiger partial charge in [0.1, 0.15) is 12.4 Å². The molecule has 3 nitrogen and oxygen atoms in total. The third-order valence-corrected chi connectivity index (χ3v) is 4.03. The van der Waals surface area contributed by atoms with E-state index in [1.807, 2.05) is 43.3 Å². The number of allylic oxidation sites excluding steroid dienone is 2. The summed E-state index contributed by atoms with van der Waals surface area (Å²) in [4.78, 5) is 2.16. The first-order valence-corrected chi connectivity index (χ1v) is 8.88. The molecule has 1 aromatic carbocycles. The number of hydrogen-bond donors (Lipinski definition) is 1. The highest BCUT2D eigenvalue weighted by molar-refractivity contribution is 5.30. The average molecular weight is 344 g/mol. The first-order chi connectivity index (χ1) is 11.8. The van der Waals surface area contributed by atoms with Gasteiger partial charge in [-0.1, -0.05) is 42.0 Å². The Bertz CT molecular complexity index is 566. The number of aliphatic hydroxyl groups is 1. The molecule has 0 saturated heterocycles. The second kappa shape index (κ2) is 10.9. The van der Waals surface area contributed by atoms with Crippen LogP contribution in [0.1, 0.15) is 39.2 Å². The number of likely N-dealkylation sites (N-methyl/N-ethyl adjacent to an activating group) is 1. The third-order valence-electron chi connectivity index (χ3n) is 4.03. The van der Waals surface area contributed by atoms with Crippen LogP contribution in [0.15, 0.2) is 60.7 Å². The molecule has 3 heteroatoms. The van der Waals surface area contributed by atoms with Crippen molar-refractivity contribution in [3.05, 3.63) is 66.3 Å². The van der Waals surface area contributed by atoms with Crippen molar-refractivity contribution in [2.24, 2.45) is 0 Å². The van der Waals surface area contributed by atoms with E-state index in [0.29, 0.717) is 13.0 Å². The van der Waals surface area contributed by atoms with Crippen LogP contribution in [0.2, 0.25) is 0 Å². The van der Waals surface area contributed by atoms with Crippen molar-refractivity contribution < 1.29 is 9.84 Å². The molecule has 138 valence electrons. The van der Waals surface area contributed by atoms with E-state index < -0.39 is 5.60 Å². The van der Waals surface area contributed by atoms with Crippen LogP contribution in [0.3, 0.4) is 0 Å². The van der Waals surface area contributed by atoms with E-state index in [9.17, 15) is 5.11 Å². The fraction of sp³-hybridized carbons (Fsp3) is 0.455. The lowest BCUT2D eigenvalue weighted by molar-refractivity contribution is 0.0487. The van der Waals surface area contributed by atoms with E-state index in [-0.39, 0.29) is 0 Å². The van der Waals surface area contributed by atoms with Gasteiger partial charge in [-0.05, 0) is 58.4 Å². The van der Waals surface area contributed by atoms with Gasteiger partial charge in [0.15, 0.2) is 0 Å². The second-order valence-corrected chi connectivity index (χ2v) is 6.91. The molecule has 0 aliphatic rings. The smallest absolute Gasteiger partial charge is 0.119 e. The van der Waals surface area contributed by atoms with Crippen molar-refractivity contribution in [3.63, 3.8) is 0 Å². The standard InChI is InChI=1S/C22H33NO2/c1-6-16-23(5)17-7-8-18-25-21-13-11-20(12-14-21)22(4,24)15-9-10-19(2)3/h6-8,10-14,24H,1,9,15-18H2,2-5H3/t22-/m0/s1. The maximum atomic E-state index is 10.6. The van der Waals surface area contributed by atoms with Gasteiger partial charge in [0, 0.05) is 13.1 Å². The summed E-state index contributed by atoms with van der Waals surface area (Å²) in [6.45, 7) is 12.0. The molecule has 0 bridgehead atoms. The van der Waals surface area contributed by atoms with Crippen LogP contribution in [0, 0.1) is 0 Å². The van der Waals surface area contributed by atoms with Gasteiger partial charge in [0.05, 0.1) is 5.60 Å². The quantitative estimate of drug-likeness (QED) is 0.592. The van der Waals surface area contributed by atoms with Crippen molar-refractivity contribution >= 4 is 0 Å². The Labute approximate surface area is 153 Å². The molecule has 0 amide bonds. The maximum absolute atomic E-state index is 10.6. The number of ether oxygens (including phenoxy) is 1. The number of benzene rings is 1. The molecular weight excluding hydrogens is 310 g/mol. The number of nitrogens with zero attached hydrogens (tertiary/aromatic N) is 1. The first kappa shape index (κ1) is 21.2. The van der Waals surface area contributed by atoms with E-state index in [4.69, 9.17) is 4.74 Å². The van der Waals surface area contributed by atoms with E-state index in [1.54, 1.807) is 0 Å². The summed E-state index contributed by atoms with van der Waals surface area (Å²) >= 11 is 0. The zero-order chi connectivity index (χ0) is 18.7. The topological polar surface area (TPSA) is 32.7 Å². The van der Waals surface area contributed by atoms with Gasteiger partial charge in [0.25, 0.3) is 0 Å². The first-order valence-electron chi connectivity index (χ1n) is 8.88. The van der Waals surface area contributed by atoms with Crippen molar-refractivity contribution in [3.8, 4) is 5.75 Å². The SMILES string of the molecule is C=CCN(C)CC=CCOc1ccc([C@@](C)(O)CCC=C(C)C)cc1. The zero-order valence-electron chi connectivity index (χ0n) is 16.2. The summed E-state index contributed by atoms with van der Waals surface area (Å²) in [5.41, 5.74) is 1.38. The molecular formula is C22H33NO2. The minimum Gasteiger partial charge on any atom is -0.490 e. The highest BCUT2D eigenvalue weighted by Crippen LogP contribution is 2.28. The van der Waals surface area contributed by atoms with Crippen LogP contribution < -0.4 is 4.74 Å². The van der Waals surface area contributed by atoms with Crippen molar-refractivity contribution in [2.45, 2.75) is 39.2 Å².